The van der Waals surface area contributed by atoms with Gasteiger partial charge in [-0.2, -0.15) is 0 Å². The van der Waals surface area contributed by atoms with Crippen LogP contribution in [0.4, 0.5) is 16.2 Å². The lowest BCUT2D eigenvalue weighted by Crippen LogP contribution is -2.38. The number of aromatic nitrogens is 1. The summed E-state index contributed by atoms with van der Waals surface area (Å²) < 4.78 is 0. The first-order chi connectivity index (χ1) is 12.1. The number of amides is 2. The van der Waals surface area contributed by atoms with E-state index in [1.54, 1.807) is 24.5 Å². The molecule has 0 unspecified atom stereocenters. The van der Waals surface area contributed by atoms with Gasteiger partial charge in [-0.3, -0.25) is 15.1 Å². The van der Waals surface area contributed by atoms with Gasteiger partial charge < -0.3 is 10.2 Å². The molecule has 0 aliphatic carbocycles. The van der Waals surface area contributed by atoms with E-state index in [4.69, 9.17) is 0 Å². The minimum atomic E-state index is -0.471. The molecule has 1 aliphatic rings. The number of anilines is 1. The third-order valence-corrected chi connectivity index (χ3v) is 4.41. The molecule has 0 spiro atoms. The number of pyridine rings is 1. The van der Waals surface area contributed by atoms with Gasteiger partial charge in [-0.1, -0.05) is 18.9 Å². The average molecular weight is 340 g/mol. The molecule has 25 heavy (non-hydrogen) atoms. The molecule has 1 N–H and O–H groups in total. The molecule has 1 aromatic carbocycles. The summed E-state index contributed by atoms with van der Waals surface area (Å²) in [6, 6.07) is 9.63. The molecule has 1 aliphatic heterocycles. The molecule has 7 heteroatoms. The van der Waals surface area contributed by atoms with Gasteiger partial charge in [0.1, 0.15) is 0 Å². The van der Waals surface area contributed by atoms with E-state index in [2.05, 4.69) is 10.3 Å². The van der Waals surface area contributed by atoms with Crippen molar-refractivity contribution in [2.45, 2.75) is 31.7 Å². The maximum atomic E-state index is 12.8. The van der Waals surface area contributed by atoms with Crippen molar-refractivity contribution in [2.24, 2.45) is 0 Å². The molecule has 7 nitrogen and oxygen atoms in total. The number of hydrogen-bond acceptors (Lipinski definition) is 4. The van der Waals surface area contributed by atoms with Crippen molar-refractivity contribution in [1.29, 1.82) is 0 Å². The molecule has 2 amide bonds. The van der Waals surface area contributed by atoms with Crippen LogP contribution < -0.4 is 5.32 Å². The maximum Gasteiger partial charge on any atom is 0.322 e. The van der Waals surface area contributed by atoms with Crippen LogP contribution in [0.3, 0.4) is 0 Å². The van der Waals surface area contributed by atoms with Crippen molar-refractivity contribution in [3.05, 3.63) is 64.5 Å². The largest absolute Gasteiger partial charge is 0.322 e. The maximum absolute atomic E-state index is 12.8. The van der Waals surface area contributed by atoms with Gasteiger partial charge in [0.05, 0.1) is 11.0 Å². The van der Waals surface area contributed by atoms with Crippen LogP contribution >= 0.6 is 0 Å². The number of nitrogens with one attached hydrogen (secondary N) is 1. The number of benzene rings is 1. The fraction of sp³-hybridized carbons (Fsp3) is 0.333. The summed E-state index contributed by atoms with van der Waals surface area (Å²) >= 11 is 0. The van der Waals surface area contributed by atoms with Crippen molar-refractivity contribution in [3.8, 4) is 0 Å². The van der Waals surface area contributed by atoms with E-state index in [0.29, 0.717) is 12.2 Å². The highest BCUT2D eigenvalue weighted by Crippen LogP contribution is 2.30. The summed E-state index contributed by atoms with van der Waals surface area (Å²) in [5.74, 6) is 0. The van der Waals surface area contributed by atoms with Crippen LogP contribution in [0.5, 0.6) is 0 Å². The Labute approximate surface area is 145 Å². The molecule has 3 rings (SSSR count). The molecule has 1 aromatic heterocycles. The summed E-state index contributed by atoms with van der Waals surface area (Å²) in [4.78, 5) is 29.1. The van der Waals surface area contributed by atoms with E-state index in [9.17, 15) is 14.9 Å². The predicted octanol–water partition coefficient (Wildman–Crippen LogP) is 4.14. The molecule has 2 heterocycles. The number of nitro groups is 1. The number of carbonyl (C=O) groups is 1. The number of hydrogen-bond donors (Lipinski definition) is 1. The third-order valence-electron chi connectivity index (χ3n) is 4.41. The van der Waals surface area contributed by atoms with Crippen LogP contribution in [0.25, 0.3) is 0 Å². The number of likely N-dealkylation sites (tertiary alicyclic amines) is 1. The molecule has 1 saturated heterocycles. The fourth-order valence-electron chi connectivity index (χ4n) is 3.18. The minimum absolute atomic E-state index is 0.0100. The van der Waals surface area contributed by atoms with Gasteiger partial charge in [0.15, 0.2) is 0 Å². The lowest BCUT2D eigenvalue weighted by Gasteiger charge is -2.30. The number of non-ortho nitro benzene ring substituents is 1. The van der Waals surface area contributed by atoms with Crippen LogP contribution in [0.1, 0.15) is 37.3 Å². The van der Waals surface area contributed by atoms with Crippen molar-refractivity contribution < 1.29 is 9.72 Å². The topological polar surface area (TPSA) is 88.4 Å². The second-order valence-corrected chi connectivity index (χ2v) is 6.08. The zero-order valence-corrected chi connectivity index (χ0v) is 13.8. The second-order valence-electron chi connectivity index (χ2n) is 6.08. The highest BCUT2D eigenvalue weighted by Gasteiger charge is 2.27. The average Bonchev–Trinajstić information content (AvgIpc) is 2.88. The quantitative estimate of drug-likeness (QED) is 0.672. The standard InChI is InChI=1S/C18H20N4O3/c23-18(20-15-5-4-6-16(13-15)22(24)25)21-12-3-1-2-7-17(21)14-8-10-19-11-9-14/h4-6,8-11,13,17H,1-3,7,12H2,(H,20,23)/t17-/m0/s1. The van der Waals surface area contributed by atoms with Gasteiger partial charge in [0.25, 0.3) is 5.69 Å². The lowest BCUT2D eigenvalue weighted by molar-refractivity contribution is -0.384. The van der Waals surface area contributed by atoms with Gasteiger partial charge in [-0.05, 0) is 36.6 Å². The molecule has 1 fully saturated rings. The number of rotatable bonds is 3. The van der Waals surface area contributed by atoms with Gasteiger partial charge in [0.2, 0.25) is 0 Å². The van der Waals surface area contributed by atoms with Crippen LogP contribution in [-0.4, -0.2) is 27.4 Å². The minimum Gasteiger partial charge on any atom is -0.317 e. The number of nitrogens with zero attached hydrogens (tertiary/aromatic N) is 3. The first-order valence-electron chi connectivity index (χ1n) is 8.37. The second kappa shape index (κ2) is 7.74. The molecule has 130 valence electrons. The Morgan fingerprint density at radius 1 is 1.20 bits per heavy atom. The van der Waals surface area contributed by atoms with Gasteiger partial charge in [-0.15, -0.1) is 0 Å². The van der Waals surface area contributed by atoms with Crippen LogP contribution in [-0.2, 0) is 0 Å². The van der Waals surface area contributed by atoms with Crippen LogP contribution in [0.2, 0.25) is 0 Å². The Kier molecular flexibility index (Phi) is 5.23. The Morgan fingerprint density at radius 2 is 2.00 bits per heavy atom. The summed E-state index contributed by atoms with van der Waals surface area (Å²) in [6.45, 7) is 0.660. The first kappa shape index (κ1) is 16.9. The van der Waals surface area contributed by atoms with Crippen molar-refractivity contribution in [3.63, 3.8) is 0 Å². The predicted molar refractivity (Wildman–Crippen MR) is 94.3 cm³/mol. The Morgan fingerprint density at radius 3 is 2.76 bits per heavy atom. The Hall–Kier alpha value is -2.96. The molecule has 2 aromatic rings. The van der Waals surface area contributed by atoms with E-state index in [1.807, 2.05) is 17.0 Å². The van der Waals surface area contributed by atoms with Gasteiger partial charge >= 0.3 is 6.03 Å². The molecule has 1 atom stereocenters. The first-order valence-corrected chi connectivity index (χ1v) is 8.37. The van der Waals surface area contributed by atoms with Crippen molar-refractivity contribution in [2.75, 3.05) is 11.9 Å². The van der Waals surface area contributed by atoms with Gasteiger partial charge in [-0.25, -0.2) is 4.79 Å². The monoisotopic (exact) mass is 340 g/mol. The van der Waals surface area contributed by atoms with Crippen molar-refractivity contribution in [1.82, 2.24) is 9.88 Å². The summed E-state index contributed by atoms with van der Waals surface area (Å²) in [5, 5.41) is 13.7. The zero-order valence-electron chi connectivity index (χ0n) is 13.8. The van der Waals surface area contributed by atoms with E-state index < -0.39 is 4.92 Å². The Balaban J connectivity index is 1.80. The van der Waals surface area contributed by atoms with Crippen LogP contribution in [0.15, 0.2) is 48.8 Å². The van der Waals surface area contributed by atoms with Gasteiger partial charge in [0, 0.05) is 36.8 Å². The molecule has 0 saturated carbocycles. The lowest BCUT2D eigenvalue weighted by atomic mass is 10.0. The SMILES string of the molecule is O=C(Nc1cccc([N+](=O)[O-])c1)N1CCCCC[C@H]1c1ccncc1. The molecule has 0 bridgehead atoms. The van der Waals surface area contributed by atoms with E-state index >= 15 is 0 Å². The summed E-state index contributed by atoms with van der Waals surface area (Å²) in [5.41, 5.74) is 1.45. The molecular weight excluding hydrogens is 320 g/mol. The Bertz CT molecular complexity index is 751. The van der Waals surface area contributed by atoms with Crippen molar-refractivity contribution >= 4 is 17.4 Å². The number of nitro benzene ring substituents is 1. The number of urea groups is 1. The summed E-state index contributed by atoms with van der Waals surface area (Å²) in [6.07, 6.45) is 7.46. The normalized spacial score (nSPS) is 17.6. The zero-order chi connectivity index (χ0) is 17.6. The number of carbonyl (C=O) groups excluding carboxylic acids is 1. The van der Waals surface area contributed by atoms with E-state index in [-0.39, 0.29) is 17.8 Å². The van der Waals surface area contributed by atoms with E-state index in [1.165, 1.54) is 12.1 Å². The summed E-state index contributed by atoms with van der Waals surface area (Å²) in [7, 11) is 0. The smallest absolute Gasteiger partial charge is 0.317 e. The molecule has 0 radical (unpaired) electrons. The van der Waals surface area contributed by atoms with Crippen LogP contribution in [0, 0.1) is 10.1 Å². The highest BCUT2D eigenvalue weighted by molar-refractivity contribution is 5.90. The third kappa shape index (κ3) is 4.12. The molecular formula is C18H20N4O3. The highest BCUT2D eigenvalue weighted by atomic mass is 16.6. The fourth-order valence-corrected chi connectivity index (χ4v) is 3.18. The van der Waals surface area contributed by atoms with E-state index in [0.717, 1.165) is 31.2 Å².